The molecule has 9 heteroatoms. The lowest BCUT2D eigenvalue weighted by molar-refractivity contribution is -0.136. The van der Waals surface area contributed by atoms with E-state index >= 15 is 0 Å². The lowest BCUT2D eigenvalue weighted by Gasteiger charge is -2.06. The largest absolute Gasteiger partial charge is 0.494 e. The van der Waals surface area contributed by atoms with E-state index in [1.807, 2.05) is 25.1 Å². The van der Waals surface area contributed by atoms with Gasteiger partial charge < -0.3 is 19.8 Å². The van der Waals surface area contributed by atoms with Crippen LogP contribution in [0.25, 0.3) is 0 Å². The minimum absolute atomic E-state index is 0.0369. The third kappa shape index (κ3) is 6.10. The number of furan rings is 1. The summed E-state index contributed by atoms with van der Waals surface area (Å²) in [5.74, 6) is -0.0456. The molecule has 0 unspecified atom stereocenters. The van der Waals surface area contributed by atoms with E-state index in [1.165, 1.54) is 12.1 Å². The van der Waals surface area contributed by atoms with Crippen LogP contribution in [0.5, 0.6) is 5.75 Å². The first-order valence-corrected chi connectivity index (χ1v) is 9.93. The minimum atomic E-state index is -0.835. The van der Waals surface area contributed by atoms with Crippen LogP contribution in [-0.2, 0) is 16.1 Å². The Balaban J connectivity index is 1.56. The van der Waals surface area contributed by atoms with E-state index in [0.29, 0.717) is 33.7 Å². The Kier molecular flexibility index (Phi) is 7.33. The van der Waals surface area contributed by atoms with Crippen molar-refractivity contribution in [2.24, 2.45) is 4.99 Å². The Labute approximate surface area is 189 Å². The van der Waals surface area contributed by atoms with E-state index in [-0.39, 0.29) is 11.6 Å². The third-order valence-electron chi connectivity index (χ3n) is 4.15. The molecule has 7 nitrogen and oxygen atoms in total. The van der Waals surface area contributed by atoms with Crippen molar-refractivity contribution in [3.63, 3.8) is 0 Å². The molecule has 0 radical (unpaired) electrons. The molecule has 31 heavy (non-hydrogen) atoms. The van der Waals surface area contributed by atoms with Gasteiger partial charge in [-0.1, -0.05) is 29.3 Å². The molecule has 0 atom stereocenters. The number of nitrogens with one attached hydrogen (secondary N) is 2. The summed E-state index contributed by atoms with van der Waals surface area (Å²) in [5.41, 5.74) is 2.08. The van der Waals surface area contributed by atoms with Crippen LogP contribution in [0, 0.1) is 6.92 Å². The molecular formula is C22H19Cl2N3O4. The summed E-state index contributed by atoms with van der Waals surface area (Å²) < 4.78 is 10.9. The van der Waals surface area contributed by atoms with Gasteiger partial charge in [0, 0.05) is 5.69 Å². The highest BCUT2D eigenvalue weighted by molar-refractivity contribution is 6.42. The monoisotopic (exact) mass is 459 g/mol. The predicted octanol–water partition coefficient (Wildman–Crippen LogP) is 4.91. The van der Waals surface area contributed by atoms with Gasteiger partial charge in [-0.05, 0) is 55.0 Å². The summed E-state index contributed by atoms with van der Waals surface area (Å²) in [4.78, 5) is 28.4. The second kappa shape index (κ2) is 10.1. The van der Waals surface area contributed by atoms with Crippen molar-refractivity contribution in [3.8, 4) is 5.75 Å². The van der Waals surface area contributed by atoms with Gasteiger partial charge in [0.1, 0.15) is 23.0 Å². The molecule has 0 fully saturated rings. The summed E-state index contributed by atoms with van der Waals surface area (Å²) in [6.07, 6.45) is 1.56. The zero-order valence-corrected chi connectivity index (χ0v) is 18.3. The van der Waals surface area contributed by atoms with Gasteiger partial charge in [0.25, 0.3) is 0 Å². The minimum Gasteiger partial charge on any atom is -0.494 e. The standard InChI is InChI=1S/C22H19Cl2N3O4/c1-13-3-8-20(30-2)19(9-13)25-11-15-5-6-16(31-15)12-26-21(28)22(29)27-14-4-7-17(23)18(24)10-14/h3-11H,12H2,1-2H3,(H,26,28)(H,27,29). The van der Waals surface area contributed by atoms with Crippen molar-refractivity contribution < 1.29 is 18.7 Å². The maximum absolute atomic E-state index is 12.0. The van der Waals surface area contributed by atoms with Crippen LogP contribution in [-0.4, -0.2) is 25.1 Å². The Morgan fingerprint density at radius 2 is 1.87 bits per heavy atom. The number of carbonyl (C=O) groups is 2. The average Bonchev–Trinajstić information content (AvgIpc) is 3.21. The third-order valence-corrected chi connectivity index (χ3v) is 4.89. The summed E-state index contributed by atoms with van der Waals surface area (Å²) >= 11 is 11.7. The first-order valence-electron chi connectivity index (χ1n) is 9.17. The molecule has 0 bridgehead atoms. The number of hydrogen-bond acceptors (Lipinski definition) is 5. The molecule has 0 aliphatic rings. The maximum atomic E-state index is 12.0. The zero-order chi connectivity index (χ0) is 22.4. The molecular weight excluding hydrogens is 441 g/mol. The Morgan fingerprint density at radius 3 is 2.61 bits per heavy atom. The molecule has 3 aromatic rings. The molecule has 2 amide bonds. The predicted molar refractivity (Wildman–Crippen MR) is 121 cm³/mol. The van der Waals surface area contributed by atoms with Crippen LogP contribution in [0.2, 0.25) is 10.0 Å². The van der Waals surface area contributed by atoms with E-state index in [9.17, 15) is 9.59 Å². The molecule has 3 rings (SSSR count). The summed E-state index contributed by atoms with van der Waals surface area (Å²) in [6, 6.07) is 13.6. The molecule has 0 spiro atoms. The second-order valence-electron chi connectivity index (χ2n) is 6.50. The first kappa shape index (κ1) is 22.4. The number of halogens is 2. The number of aliphatic imine (C=N–C) groups is 1. The highest BCUT2D eigenvalue weighted by Gasteiger charge is 2.15. The van der Waals surface area contributed by atoms with Crippen LogP contribution in [0.1, 0.15) is 17.1 Å². The van der Waals surface area contributed by atoms with Crippen LogP contribution in [0.15, 0.2) is 57.9 Å². The number of anilines is 1. The fourth-order valence-electron chi connectivity index (χ4n) is 2.60. The number of amides is 2. The van der Waals surface area contributed by atoms with Crippen LogP contribution in [0.4, 0.5) is 11.4 Å². The van der Waals surface area contributed by atoms with Gasteiger partial charge in [-0.3, -0.25) is 9.59 Å². The molecule has 2 N–H and O–H groups in total. The fraction of sp³-hybridized carbons (Fsp3) is 0.136. The lowest BCUT2D eigenvalue weighted by atomic mass is 10.2. The molecule has 0 aliphatic heterocycles. The van der Waals surface area contributed by atoms with Crippen molar-refractivity contribution >= 4 is 52.6 Å². The zero-order valence-electron chi connectivity index (χ0n) is 16.7. The van der Waals surface area contributed by atoms with Gasteiger partial charge in [-0.15, -0.1) is 0 Å². The van der Waals surface area contributed by atoms with Crippen LogP contribution in [0.3, 0.4) is 0 Å². The quantitative estimate of drug-likeness (QED) is 0.404. The smallest absolute Gasteiger partial charge is 0.313 e. The summed E-state index contributed by atoms with van der Waals surface area (Å²) in [5, 5.41) is 5.56. The normalized spacial score (nSPS) is 10.8. The van der Waals surface area contributed by atoms with E-state index in [4.69, 9.17) is 32.4 Å². The Bertz CT molecular complexity index is 1140. The molecule has 0 saturated carbocycles. The van der Waals surface area contributed by atoms with Crippen LogP contribution >= 0.6 is 23.2 Å². The number of carbonyl (C=O) groups excluding carboxylic acids is 2. The summed E-state index contributed by atoms with van der Waals surface area (Å²) in [6.45, 7) is 2.00. The van der Waals surface area contributed by atoms with Crippen molar-refractivity contribution in [2.75, 3.05) is 12.4 Å². The van der Waals surface area contributed by atoms with Gasteiger partial charge in [0.15, 0.2) is 0 Å². The SMILES string of the molecule is COc1ccc(C)cc1N=Cc1ccc(CNC(=O)C(=O)Nc2ccc(Cl)c(Cl)c2)o1. The van der Waals surface area contributed by atoms with E-state index in [0.717, 1.165) is 5.56 Å². The number of aryl methyl sites for hydroxylation is 1. The number of rotatable bonds is 6. The van der Waals surface area contributed by atoms with Crippen molar-refractivity contribution in [2.45, 2.75) is 13.5 Å². The highest BCUT2D eigenvalue weighted by atomic mass is 35.5. The lowest BCUT2D eigenvalue weighted by Crippen LogP contribution is -2.34. The van der Waals surface area contributed by atoms with Crippen molar-refractivity contribution in [1.29, 1.82) is 0 Å². The number of ether oxygens (including phenoxy) is 1. The second-order valence-corrected chi connectivity index (χ2v) is 7.32. The molecule has 1 heterocycles. The topological polar surface area (TPSA) is 92.9 Å². The maximum Gasteiger partial charge on any atom is 0.313 e. The van der Waals surface area contributed by atoms with Gasteiger partial charge >= 0.3 is 11.8 Å². The first-order chi connectivity index (χ1) is 14.9. The molecule has 160 valence electrons. The average molecular weight is 460 g/mol. The molecule has 0 aliphatic carbocycles. The van der Waals surface area contributed by atoms with Crippen LogP contribution < -0.4 is 15.4 Å². The van der Waals surface area contributed by atoms with E-state index in [1.54, 1.807) is 31.5 Å². The number of methoxy groups -OCH3 is 1. The van der Waals surface area contributed by atoms with E-state index in [2.05, 4.69) is 15.6 Å². The number of benzene rings is 2. The number of hydrogen-bond donors (Lipinski definition) is 2. The molecule has 0 saturated heterocycles. The van der Waals surface area contributed by atoms with Gasteiger partial charge in [-0.2, -0.15) is 0 Å². The van der Waals surface area contributed by atoms with Gasteiger partial charge in [0.05, 0.1) is 29.9 Å². The summed E-state index contributed by atoms with van der Waals surface area (Å²) in [7, 11) is 1.58. The number of nitrogens with zero attached hydrogens (tertiary/aromatic N) is 1. The molecule has 2 aromatic carbocycles. The highest BCUT2D eigenvalue weighted by Crippen LogP contribution is 2.28. The van der Waals surface area contributed by atoms with Crippen molar-refractivity contribution in [1.82, 2.24) is 5.32 Å². The van der Waals surface area contributed by atoms with Gasteiger partial charge in [0.2, 0.25) is 0 Å². The molecule has 1 aromatic heterocycles. The fourth-order valence-corrected chi connectivity index (χ4v) is 2.90. The van der Waals surface area contributed by atoms with Gasteiger partial charge in [-0.25, -0.2) is 4.99 Å². The Morgan fingerprint density at radius 1 is 1.06 bits per heavy atom. The van der Waals surface area contributed by atoms with E-state index < -0.39 is 11.8 Å². The Hall–Kier alpha value is -3.29. The van der Waals surface area contributed by atoms with Crippen molar-refractivity contribution in [3.05, 3.63) is 75.7 Å².